The molecule has 5 heteroatoms. The lowest BCUT2D eigenvalue weighted by atomic mass is 10.2. The molecule has 0 aliphatic rings. The maximum Gasteiger partial charge on any atom is 0.267 e. The Kier molecular flexibility index (Phi) is 5.52. The minimum absolute atomic E-state index is 0.207. The smallest absolute Gasteiger partial charge is 0.267 e. The Hall–Kier alpha value is -2.13. The second-order valence-electron chi connectivity index (χ2n) is 4.21. The van der Waals surface area contributed by atoms with Crippen molar-refractivity contribution >= 4 is 22.9 Å². The lowest BCUT2D eigenvalue weighted by molar-refractivity contribution is 0.103. The highest BCUT2D eigenvalue weighted by Crippen LogP contribution is 2.19. The average Bonchev–Trinajstić information content (AvgIpc) is 2.94. The molecule has 21 heavy (non-hydrogen) atoms. The average molecular weight is 301 g/mol. The van der Waals surface area contributed by atoms with Gasteiger partial charge >= 0.3 is 0 Å². The van der Waals surface area contributed by atoms with Gasteiger partial charge in [0.2, 0.25) is 0 Å². The fourth-order valence-electron chi connectivity index (χ4n) is 1.81. The SMILES string of the molecule is COCc1cccc(NC(=O)c2sccc2C#CCO)c1. The summed E-state index contributed by atoms with van der Waals surface area (Å²) in [5, 5.41) is 13.4. The number of methoxy groups -OCH3 is 1. The van der Waals surface area contributed by atoms with E-state index in [0.29, 0.717) is 22.7 Å². The van der Waals surface area contributed by atoms with Crippen LogP contribution < -0.4 is 5.32 Å². The maximum absolute atomic E-state index is 12.3. The lowest BCUT2D eigenvalue weighted by Crippen LogP contribution is -2.11. The molecule has 2 N–H and O–H groups in total. The van der Waals surface area contributed by atoms with Crippen molar-refractivity contribution in [3.05, 3.63) is 51.7 Å². The van der Waals surface area contributed by atoms with Crippen LogP contribution >= 0.6 is 11.3 Å². The molecular formula is C16H15NO3S. The van der Waals surface area contributed by atoms with Crippen LogP contribution in [0, 0.1) is 11.8 Å². The number of nitrogens with one attached hydrogen (secondary N) is 1. The molecule has 0 saturated carbocycles. The van der Waals surface area contributed by atoms with Crippen molar-refractivity contribution in [1.82, 2.24) is 0 Å². The normalized spacial score (nSPS) is 9.81. The molecule has 108 valence electrons. The minimum atomic E-state index is -0.226. The number of carbonyl (C=O) groups excluding carboxylic acids is 1. The maximum atomic E-state index is 12.3. The van der Waals surface area contributed by atoms with Gasteiger partial charge in [0.15, 0.2) is 0 Å². The third kappa shape index (κ3) is 4.17. The van der Waals surface area contributed by atoms with Crippen molar-refractivity contribution < 1.29 is 14.6 Å². The predicted molar refractivity (Wildman–Crippen MR) is 83.4 cm³/mol. The van der Waals surface area contributed by atoms with E-state index >= 15 is 0 Å². The van der Waals surface area contributed by atoms with Crippen LogP contribution in [-0.2, 0) is 11.3 Å². The second kappa shape index (κ2) is 7.60. The van der Waals surface area contributed by atoms with E-state index in [-0.39, 0.29) is 12.5 Å². The molecule has 2 rings (SSSR count). The van der Waals surface area contributed by atoms with Gasteiger partial charge in [-0.25, -0.2) is 0 Å². The highest BCUT2D eigenvalue weighted by molar-refractivity contribution is 7.12. The molecule has 1 amide bonds. The van der Waals surface area contributed by atoms with Gasteiger partial charge in [-0.15, -0.1) is 11.3 Å². The fourth-order valence-corrected chi connectivity index (χ4v) is 2.56. The lowest BCUT2D eigenvalue weighted by Gasteiger charge is -2.06. The van der Waals surface area contributed by atoms with Gasteiger partial charge in [-0.05, 0) is 29.1 Å². The first-order chi connectivity index (χ1) is 10.2. The molecule has 0 unspecified atom stereocenters. The summed E-state index contributed by atoms with van der Waals surface area (Å²) in [5.74, 6) is 5.12. The van der Waals surface area contributed by atoms with Gasteiger partial charge in [-0.3, -0.25) is 4.79 Å². The molecule has 2 aromatic rings. The molecule has 1 aromatic heterocycles. The highest BCUT2D eigenvalue weighted by Gasteiger charge is 2.12. The van der Waals surface area contributed by atoms with Gasteiger partial charge < -0.3 is 15.2 Å². The van der Waals surface area contributed by atoms with Gasteiger partial charge in [-0.2, -0.15) is 0 Å². The van der Waals surface area contributed by atoms with Crippen molar-refractivity contribution in [3.63, 3.8) is 0 Å². The van der Waals surface area contributed by atoms with Crippen molar-refractivity contribution in [2.24, 2.45) is 0 Å². The summed E-state index contributed by atoms with van der Waals surface area (Å²) in [4.78, 5) is 12.8. The Bertz CT molecular complexity index is 682. The summed E-state index contributed by atoms with van der Waals surface area (Å²) in [6, 6.07) is 9.26. The largest absolute Gasteiger partial charge is 0.384 e. The van der Waals surface area contributed by atoms with Crippen LogP contribution in [-0.4, -0.2) is 24.7 Å². The molecule has 0 saturated heterocycles. The van der Waals surface area contributed by atoms with Crippen molar-refractivity contribution in [2.75, 3.05) is 19.0 Å². The Morgan fingerprint density at radius 1 is 1.43 bits per heavy atom. The van der Waals surface area contributed by atoms with E-state index in [9.17, 15) is 4.79 Å². The van der Waals surface area contributed by atoms with Crippen molar-refractivity contribution in [3.8, 4) is 11.8 Å². The molecule has 0 aliphatic carbocycles. The summed E-state index contributed by atoms with van der Waals surface area (Å²) in [6.45, 7) is 0.270. The van der Waals surface area contributed by atoms with Crippen LogP contribution in [0.4, 0.5) is 5.69 Å². The van der Waals surface area contributed by atoms with Gasteiger partial charge in [0.1, 0.15) is 11.5 Å². The number of amides is 1. The number of ether oxygens (including phenoxy) is 1. The molecule has 0 aliphatic heterocycles. The molecule has 4 nitrogen and oxygen atoms in total. The van der Waals surface area contributed by atoms with Crippen LogP contribution in [0.3, 0.4) is 0 Å². The van der Waals surface area contributed by atoms with Gasteiger partial charge in [0.25, 0.3) is 5.91 Å². The van der Waals surface area contributed by atoms with E-state index in [0.717, 1.165) is 5.56 Å². The number of rotatable bonds is 4. The molecule has 0 atom stereocenters. The predicted octanol–water partition coefficient (Wildman–Crippen LogP) is 2.49. The number of hydrogen-bond acceptors (Lipinski definition) is 4. The van der Waals surface area contributed by atoms with E-state index in [1.165, 1.54) is 11.3 Å². The van der Waals surface area contributed by atoms with E-state index in [2.05, 4.69) is 17.2 Å². The van der Waals surface area contributed by atoms with Crippen LogP contribution in [0.25, 0.3) is 0 Å². The number of anilines is 1. The van der Waals surface area contributed by atoms with E-state index in [4.69, 9.17) is 9.84 Å². The topological polar surface area (TPSA) is 58.6 Å². The minimum Gasteiger partial charge on any atom is -0.384 e. The molecule has 0 fully saturated rings. The summed E-state index contributed by atoms with van der Waals surface area (Å²) in [5.41, 5.74) is 2.32. The van der Waals surface area contributed by atoms with Crippen LogP contribution in [0.1, 0.15) is 20.8 Å². The molecule has 0 spiro atoms. The van der Waals surface area contributed by atoms with E-state index < -0.39 is 0 Å². The van der Waals surface area contributed by atoms with E-state index in [1.807, 2.05) is 24.3 Å². The Morgan fingerprint density at radius 3 is 3.05 bits per heavy atom. The third-order valence-corrected chi connectivity index (χ3v) is 3.58. The third-order valence-electron chi connectivity index (χ3n) is 2.67. The highest BCUT2D eigenvalue weighted by atomic mass is 32.1. The quantitative estimate of drug-likeness (QED) is 0.853. The van der Waals surface area contributed by atoms with Crippen molar-refractivity contribution in [2.45, 2.75) is 6.61 Å². The Morgan fingerprint density at radius 2 is 2.29 bits per heavy atom. The molecule has 1 aromatic carbocycles. The monoisotopic (exact) mass is 301 g/mol. The fraction of sp³-hybridized carbons (Fsp3) is 0.188. The van der Waals surface area contributed by atoms with Crippen molar-refractivity contribution in [1.29, 1.82) is 0 Å². The number of aliphatic hydroxyl groups excluding tert-OH is 1. The molecule has 0 radical (unpaired) electrons. The van der Waals surface area contributed by atoms with Crippen LogP contribution in [0.15, 0.2) is 35.7 Å². The van der Waals surface area contributed by atoms with Crippen LogP contribution in [0.5, 0.6) is 0 Å². The van der Waals surface area contributed by atoms with Crippen LogP contribution in [0.2, 0.25) is 0 Å². The molecule has 1 heterocycles. The number of thiophene rings is 1. The summed E-state index contributed by atoms with van der Waals surface area (Å²) < 4.78 is 5.07. The second-order valence-corrected chi connectivity index (χ2v) is 5.13. The van der Waals surface area contributed by atoms with Gasteiger partial charge in [0.05, 0.1) is 6.61 Å². The number of aliphatic hydroxyl groups is 1. The molecule has 0 bridgehead atoms. The first-order valence-corrected chi connectivity index (χ1v) is 7.19. The zero-order valence-corrected chi connectivity index (χ0v) is 12.4. The number of hydrogen-bond donors (Lipinski definition) is 2. The first-order valence-electron chi connectivity index (χ1n) is 6.31. The first kappa shape index (κ1) is 15.3. The summed E-state index contributed by atoms with van der Waals surface area (Å²) >= 11 is 1.32. The zero-order valence-electron chi connectivity index (χ0n) is 11.6. The van der Waals surface area contributed by atoms with Gasteiger partial charge in [0, 0.05) is 18.4 Å². The zero-order chi connectivity index (χ0) is 15.1. The summed E-state index contributed by atoms with van der Waals surface area (Å²) in [7, 11) is 1.63. The summed E-state index contributed by atoms with van der Waals surface area (Å²) in [6.07, 6.45) is 0. The van der Waals surface area contributed by atoms with Gasteiger partial charge in [-0.1, -0.05) is 24.0 Å². The Balaban J connectivity index is 2.15. The number of benzene rings is 1. The standard InChI is InChI=1S/C16H15NO3S/c1-20-11-12-4-2-6-14(10-12)17-16(19)15-13(5-3-8-18)7-9-21-15/h2,4,6-7,9-10,18H,8,11H2,1H3,(H,17,19). The molecular weight excluding hydrogens is 286 g/mol. The van der Waals surface area contributed by atoms with E-state index in [1.54, 1.807) is 18.6 Å². The Labute approximate surface area is 127 Å². The number of carbonyl (C=O) groups is 1.